The Hall–Kier alpha value is -2.30. The van der Waals surface area contributed by atoms with Crippen molar-refractivity contribution in [3.8, 4) is 0 Å². The number of carbonyl (C=O) groups is 2. The Morgan fingerprint density at radius 1 is 1.35 bits per heavy atom. The number of rotatable bonds is 5. The Kier molecular flexibility index (Phi) is 4.75. The van der Waals surface area contributed by atoms with Gasteiger partial charge in [0.1, 0.15) is 6.61 Å². The highest BCUT2D eigenvalue weighted by atomic mass is 16.5. The minimum Gasteiger partial charge on any atom is -0.478 e. The first-order chi connectivity index (χ1) is 8.13. The summed E-state index contributed by atoms with van der Waals surface area (Å²) < 4.78 is 4.71. The van der Waals surface area contributed by atoms with E-state index in [2.05, 4.69) is 11.9 Å². The Morgan fingerprint density at radius 2 is 2.00 bits per heavy atom. The Bertz CT molecular complexity index is 411. The molecule has 1 amide bonds. The predicted molar refractivity (Wildman–Crippen MR) is 61.8 cm³/mol. The number of hydrogen-bond acceptors (Lipinski definition) is 3. The van der Waals surface area contributed by atoms with Crippen LogP contribution in [0.4, 0.5) is 4.79 Å². The molecule has 0 fully saturated rings. The largest absolute Gasteiger partial charge is 0.478 e. The number of aromatic carboxylic acids is 1. The van der Waals surface area contributed by atoms with Gasteiger partial charge in [0.15, 0.2) is 0 Å². The lowest BCUT2D eigenvalue weighted by Crippen LogP contribution is -2.23. The summed E-state index contributed by atoms with van der Waals surface area (Å²) in [5, 5.41) is 11.2. The summed E-state index contributed by atoms with van der Waals surface area (Å²) in [6.07, 6.45) is 0.938. The average Bonchev–Trinajstić information content (AvgIpc) is 2.34. The van der Waals surface area contributed by atoms with Crippen molar-refractivity contribution >= 4 is 12.1 Å². The Morgan fingerprint density at radius 3 is 2.53 bits per heavy atom. The summed E-state index contributed by atoms with van der Waals surface area (Å²) >= 11 is 0. The van der Waals surface area contributed by atoms with Crippen molar-refractivity contribution in [2.45, 2.75) is 6.54 Å². The van der Waals surface area contributed by atoms with Crippen LogP contribution in [0, 0.1) is 0 Å². The van der Waals surface area contributed by atoms with E-state index in [-0.39, 0.29) is 18.7 Å². The minimum absolute atomic E-state index is 0.157. The van der Waals surface area contributed by atoms with E-state index in [1.807, 2.05) is 0 Å². The molecule has 5 nitrogen and oxygen atoms in total. The molecule has 0 aliphatic carbocycles. The van der Waals surface area contributed by atoms with Crippen LogP contribution in [0.5, 0.6) is 0 Å². The number of alkyl carbamates (subject to hydrolysis) is 1. The third-order valence-electron chi connectivity index (χ3n) is 1.97. The second-order valence-electron chi connectivity index (χ2n) is 3.24. The van der Waals surface area contributed by atoms with Gasteiger partial charge in [-0.3, -0.25) is 0 Å². The van der Waals surface area contributed by atoms with Crippen molar-refractivity contribution in [1.29, 1.82) is 0 Å². The van der Waals surface area contributed by atoms with Crippen molar-refractivity contribution in [3.63, 3.8) is 0 Å². The van der Waals surface area contributed by atoms with Crippen LogP contribution >= 0.6 is 0 Å². The lowest BCUT2D eigenvalue weighted by Gasteiger charge is -2.05. The van der Waals surface area contributed by atoms with Gasteiger partial charge in [0.05, 0.1) is 5.56 Å². The molecule has 0 aromatic heterocycles. The normalized spacial score (nSPS) is 9.41. The molecule has 0 aliphatic rings. The van der Waals surface area contributed by atoms with Gasteiger partial charge in [-0.15, -0.1) is 0 Å². The van der Waals surface area contributed by atoms with Gasteiger partial charge in [0.25, 0.3) is 0 Å². The second kappa shape index (κ2) is 6.32. The fourth-order valence-corrected chi connectivity index (χ4v) is 1.13. The topological polar surface area (TPSA) is 75.6 Å². The first kappa shape index (κ1) is 12.8. The lowest BCUT2D eigenvalue weighted by atomic mass is 10.1. The molecule has 0 spiro atoms. The summed E-state index contributed by atoms with van der Waals surface area (Å²) in [5.74, 6) is -0.977. The van der Waals surface area contributed by atoms with Crippen LogP contribution in [0.3, 0.4) is 0 Å². The molecular weight excluding hydrogens is 222 g/mol. The average molecular weight is 235 g/mol. The molecule has 0 bridgehead atoms. The fourth-order valence-electron chi connectivity index (χ4n) is 1.13. The lowest BCUT2D eigenvalue weighted by molar-refractivity contribution is 0.0696. The number of carboxylic acids is 1. The monoisotopic (exact) mass is 235 g/mol. The van der Waals surface area contributed by atoms with Crippen LogP contribution in [-0.2, 0) is 11.3 Å². The number of hydrogen-bond donors (Lipinski definition) is 2. The van der Waals surface area contributed by atoms with Crippen molar-refractivity contribution in [2.75, 3.05) is 6.61 Å². The van der Waals surface area contributed by atoms with E-state index in [1.54, 1.807) is 12.1 Å². The summed E-state index contributed by atoms with van der Waals surface area (Å²) in [6, 6.07) is 6.23. The van der Waals surface area contributed by atoms with E-state index in [1.165, 1.54) is 18.2 Å². The second-order valence-corrected chi connectivity index (χ2v) is 3.24. The van der Waals surface area contributed by atoms with Gasteiger partial charge in [0.2, 0.25) is 0 Å². The smallest absolute Gasteiger partial charge is 0.407 e. The molecule has 5 heteroatoms. The molecular formula is C12H13NO4. The van der Waals surface area contributed by atoms with Gasteiger partial charge in [-0.25, -0.2) is 9.59 Å². The van der Waals surface area contributed by atoms with Crippen LogP contribution in [0.15, 0.2) is 36.9 Å². The number of amides is 1. The fraction of sp³-hybridized carbons (Fsp3) is 0.167. The van der Waals surface area contributed by atoms with Crippen LogP contribution in [0.25, 0.3) is 0 Å². The summed E-state index contributed by atoms with van der Waals surface area (Å²) in [7, 11) is 0. The standard InChI is InChI=1S/C12H13NO4/c1-2-7-17-12(16)13-8-9-3-5-10(6-4-9)11(14)15/h2-6H,1,7-8H2,(H,13,16)(H,14,15). The van der Waals surface area contributed by atoms with Crippen molar-refractivity contribution < 1.29 is 19.4 Å². The first-order valence-electron chi connectivity index (χ1n) is 4.97. The van der Waals surface area contributed by atoms with Gasteiger partial charge < -0.3 is 15.2 Å². The maximum absolute atomic E-state index is 11.1. The molecule has 0 aliphatic heterocycles. The molecule has 1 aromatic rings. The van der Waals surface area contributed by atoms with Crippen LogP contribution in [-0.4, -0.2) is 23.8 Å². The van der Waals surface area contributed by atoms with E-state index in [0.717, 1.165) is 5.56 Å². The zero-order chi connectivity index (χ0) is 12.7. The van der Waals surface area contributed by atoms with Gasteiger partial charge in [-0.05, 0) is 17.7 Å². The van der Waals surface area contributed by atoms with Gasteiger partial charge in [-0.2, -0.15) is 0 Å². The third kappa shape index (κ3) is 4.38. The molecule has 1 rings (SSSR count). The number of ether oxygens (including phenoxy) is 1. The van der Waals surface area contributed by atoms with Gasteiger partial charge in [-0.1, -0.05) is 24.8 Å². The zero-order valence-corrected chi connectivity index (χ0v) is 9.18. The maximum Gasteiger partial charge on any atom is 0.407 e. The summed E-state index contributed by atoms with van der Waals surface area (Å²) in [4.78, 5) is 21.7. The molecule has 0 saturated carbocycles. The molecule has 0 unspecified atom stereocenters. The molecule has 90 valence electrons. The zero-order valence-electron chi connectivity index (χ0n) is 9.18. The van der Waals surface area contributed by atoms with E-state index >= 15 is 0 Å². The summed E-state index contributed by atoms with van der Waals surface area (Å²) in [6.45, 7) is 3.86. The highest BCUT2D eigenvalue weighted by molar-refractivity contribution is 5.87. The van der Waals surface area contributed by atoms with E-state index in [9.17, 15) is 9.59 Å². The van der Waals surface area contributed by atoms with E-state index in [0.29, 0.717) is 0 Å². The Balaban J connectivity index is 2.44. The number of benzene rings is 1. The molecule has 2 N–H and O–H groups in total. The van der Waals surface area contributed by atoms with Crippen molar-refractivity contribution in [1.82, 2.24) is 5.32 Å². The molecule has 0 radical (unpaired) electrons. The number of carboxylic acid groups (broad SMARTS) is 1. The Labute approximate surface area is 98.7 Å². The maximum atomic E-state index is 11.1. The van der Waals surface area contributed by atoms with Crippen LogP contribution in [0.1, 0.15) is 15.9 Å². The minimum atomic E-state index is -0.977. The highest BCUT2D eigenvalue weighted by Gasteiger charge is 2.03. The third-order valence-corrected chi connectivity index (χ3v) is 1.97. The number of carbonyl (C=O) groups excluding carboxylic acids is 1. The van der Waals surface area contributed by atoms with Crippen molar-refractivity contribution in [3.05, 3.63) is 48.0 Å². The molecule has 1 aromatic carbocycles. The number of nitrogens with one attached hydrogen (secondary N) is 1. The molecule has 0 saturated heterocycles. The van der Waals surface area contributed by atoms with Gasteiger partial charge >= 0.3 is 12.1 Å². The first-order valence-corrected chi connectivity index (χ1v) is 4.97. The SMILES string of the molecule is C=CCOC(=O)NCc1ccc(C(=O)O)cc1. The highest BCUT2D eigenvalue weighted by Crippen LogP contribution is 2.04. The predicted octanol–water partition coefficient (Wildman–Crippen LogP) is 1.80. The van der Waals surface area contributed by atoms with Gasteiger partial charge in [0, 0.05) is 6.54 Å². The van der Waals surface area contributed by atoms with E-state index < -0.39 is 12.1 Å². The quantitative estimate of drug-likeness (QED) is 0.763. The van der Waals surface area contributed by atoms with Crippen molar-refractivity contribution in [2.24, 2.45) is 0 Å². The molecule has 17 heavy (non-hydrogen) atoms. The molecule has 0 atom stereocenters. The summed E-state index contributed by atoms with van der Waals surface area (Å²) in [5.41, 5.74) is 1.01. The van der Waals surface area contributed by atoms with Crippen LogP contribution in [0.2, 0.25) is 0 Å². The van der Waals surface area contributed by atoms with Crippen LogP contribution < -0.4 is 5.32 Å². The molecule has 0 heterocycles. The van der Waals surface area contributed by atoms with E-state index in [4.69, 9.17) is 9.84 Å².